The summed E-state index contributed by atoms with van der Waals surface area (Å²) >= 11 is 0. The summed E-state index contributed by atoms with van der Waals surface area (Å²) in [6.07, 6.45) is 0.806. The number of rotatable bonds is 14. The first kappa shape index (κ1) is 23.6. The van der Waals surface area contributed by atoms with Gasteiger partial charge in [0.25, 0.3) is 0 Å². The molecule has 140 valence electrons. The third-order valence-corrected chi connectivity index (χ3v) is 5.85. The van der Waals surface area contributed by atoms with E-state index < -0.39 is 0 Å². The molecule has 0 heterocycles. The standard InChI is InChI=1S/C17H33N3O2S2/c1-5-7-8-9-19-16(21)14-22-12-10-20-17(15(3)4)24-23-13-11-18-6-2/h15,17-18,20H,5-6,9-14H2,1-4H3,(H,19,21). The Morgan fingerprint density at radius 2 is 2.00 bits per heavy atom. The molecule has 1 unspecified atom stereocenters. The van der Waals surface area contributed by atoms with E-state index in [0.717, 1.165) is 31.8 Å². The molecule has 0 rings (SSSR count). The Balaban J connectivity index is 3.67. The van der Waals surface area contributed by atoms with E-state index in [1.807, 2.05) is 28.5 Å². The fraction of sp³-hybridized carbons (Fsp3) is 0.824. The monoisotopic (exact) mass is 375 g/mol. The van der Waals surface area contributed by atoms with Gasteiger partial charge < -0.3 is 20.7 Å². The van der Waals surface area contributed by atoms with E-state index >= 15 is 0 Å². The third-order valence-electron chi connectivity index (χ3n) is 2.89. The van der Waals surface area contributed by atoms with Gasteiger partial charge in [-0.05, 0) is 12.5 Å². The number of carbonyl (C=O) groups excluding carboxylic acids is 1. The zero-order chi connectivity index (χ0) is 18.0. The minimum absolute atomic E-state index is 0.0897. The molecule has 0 saturated heterocycles. The minimum Gasteiger partial charge on any atom is -0.370 e. The van der Waals surface area contributed by atoms with Crippen LogP contribution >= 0.6 is 21.6 Å². The van der Waals surface area contributed by atoms with Crippen LogP contribution in [-0.4, -0.2) is 56.4 Å². The first-order valence-corrected chi connectivity index (χ1v) is 11.0. The Hall–Kier alpha value is -0.390. The molecule has 1 atom stereocenters. The average molecular weight is 376 g/mol. The van der Waals surface area contributed by atoms with Crippen LogP contribution in [-0.2, 0) is 9.53 Å². The number of amides is 1. The van der Waals surface area contributed by atoms with Crippen LogP contribution in [0.25, 0.3) is 0 Å². The number of hydrogen-bond donors (Lipinski definition) is 3. The van der Waals surface area contributed by atoms with Crippen molar-refractivity contribution >= 4 is 27.5 Å². The molecule has 0 saturated carbocycles. The molecule has 7 heteroatoms. The Labute approximate surface area is 155 Å². The van der Waals surface area contributed by atoms with Crippen LogP contribution in [0.1, 0.15) is 34.1 Å². The highest BCUT2D eigenvalue weighted by Gasteiger charge is 2.13. The van der Waals surface area contributed by atoms with Crippen molar-refractivity contribution in [3.63, 3.8) is 0 Å². The van der Waals surface area contributed by atoms with Crippen molar-refractivity contribution in [1.82, 2.24) is 16.0 Å². The maximum absolute atomic E-state index is 11.5. The summed E-state index contributed by atoms with van der Waals surface area (Å²) in [6.45, 7) is 12.3. The van der Waals surface area contributed by atoms with Crippen molar-refractivity contribution in [2.75, 3.05) is 45.1 Å². The van der Waals surface area contributed by atoms with E-state index in [1.165, 1.54) is 0 Å². The Kier molecular flexibility index (Phi) is 17.2. The van der Waals surface area contributed by atoms with Gasteiger partial charge in [0.05, 0.1) is 18.5 Å². The summed E-state index contributed by atoms with van der Waals surface area (Å²) in [7, 11) is 3.76. The molecule has 0 aromatic rings. The number of hydrogen-bond acceptors (Lipinski definition) is 6. The molecular weight excluding hydrogens is 342 g/mol. The molecule has 3 N–H and O–H groups in total. The predicted molar refractivity (Wildman–Crippen MR) is 107 cm³/mol. The zero-order valence-electron chi connectivity index (χ0n) is 15.4. The van der Waals surface area contributed by atoms with Crippen LogP contribution in [0.15, 0.2) is 0 Å². The van der Waals surface area contributed by atoms with Crippen molar-refractivity contribution in [2.45, 2.75) is 39.5 Å². The van der Waals surface area contributed by atoms with Crippen molar-refractivity contribution < 1.29 is 9.53 Å². The average Bonchev–Trinajstić information content (AvgIpc) is 2.56. The van der Waals surface area contributed by atoms with Crippen LogP contribution in [0.2, 0.25) is 0 Å². The fourth-order valence-electron chi connectivity index (χ4n) is 1.61. The van der Waals surface area contributed by atoms with Gasteiger partial charge in [0.15, 0.2) is 0 Å². The van der Waals surface area contributed by atoms with Gasteiger partial charge in [-0.2, -0.15) is 0 Å². The molecule has 1 amide bonds. The Bertz CT molecular complexity index is 371. The lowest BCUT2D eigenvalue weighted by molar-refractivity contribution is -0.125. The molecule has 0 fully saturated rings. The highest BCUT2D eigenvalue weighted by Crippen LogP contribution is 2.29. The molecule has 0 aromatic heterocycles. The molecule has 0 spiro atoms. The molecule has 0 aliphatic heterocycles. The Morgan fingerprint density at radius 3 is 2.67 bits per heavy atom. The van der Waals surface area contributed by atoms with E-state index in [2.05, 4.69) is 48.6 Å². The number of ether oxygens (including phenoxy) is 1. The highest BCUT2D eigenvalue weighted by atomic mass is 33.1. The number of carbonyl (C=O) groups is 1. The van der Waals surface area contributed by atoms with E-state index in [0.29, 0.717) is 24.4 Å². The second-order valence-corrected chi connectivity index (χ2v) is 8.06. The maximum atomic E-state index is 11.5. The summed E-state index contributed by atoms with van der Waals surface area (Å²) in [5.41, 5.74) is 0. The van der Waals surface area contributed by atoms with Gasteiger partial charge in [-0.25, -0.2) is 0 Å². The molecule has 0 aromatic carbocycles. The van der Waals surface area contributed by atoms with Crippen LogP contribution in [0.3, 0.4) is 0 Å². The molecule has 24 heavy (non-hydrogen) atoms. The fourth-order valence-corrected chi connectivity index (χ4v) is 4.34. The van der Waals surface area contributed by atoms with Crippen molar-refractivity contribution in [1.29, 1.82) is 0 Å². The topological polar surface area (TPSA) is 62.4 Å². The lowest BCUT2D eigenvalue weighted by Crippen LogP contribution is -2.34. The summed E-state index contributed by atoms with van der Waals surface area (Å²) in [5, 5.41) is 9.90. The summed E-state index contributed by atoms with van der Waals surface area (Å²) < 4.78 is 5.39. The Morgan fingerprint density at radius 1 is 1.21 bits per heavy atom. The van der Waals surface area contributed by atoms with Crippen molar-refractivity contribution in [3.05, 3.63) is 0 Å². The normalized spacial score (nSPS) is 11.9. The largest absolute Gasteiger partial charge is 0.370 e. The molecule has 0 radical (unpaired) electrons. The van der Waals surface area contributed by atoms with Crippen LogP contribution < -0.4 is 16.0 Å². The predicted octanol–water partition coefficient (Wildman–Crippen LogP) is 2.10. The molecule has 0 bridgehead atoms. The summed E-state index contributed by atoms with van der Waals surface area (Å²) in [4.78, 5) is 11.5. The first-order chi connectivity index (χ1) is 11.6. The maximum Gasteiger partial charge on any atom is 0.246 e. The smallest absolute Gasteiger partial charge is 0.246 e. The van der Waals surface area contributed by atoms with Gasteiger partial charge in [0.1, 0.15) is 6.61 Å². The molecular formula is C17H33N3O2S2. The summed E-state index contributed by atoms with van der Waals surface area (Å²) in [5.74, 6) is 7.30. The zero-order valence-corrected chi connectivity index (χ0v) is 17.1. The van der Waals surface area contributed by atoms with Gasteiger partial charge in [-0.1, -0.05) is 55.2 Å². The molecule has 5 nitrogen and oxygen atoms in total. The van der Waals surface area contributed by atoms with Crippen LogP contribution in [0.4, 0.5) is 0 Å². The quantitative estimate of drug-likeness (QED) is 0.187. The second-order valence-electron chi connectivity index (χ2n) is 5.43. The first-order valence-electron chi connectivity index (χ1n) is 8.64. The minimum atomic E-state index is -0.117. The van der Waals surface area contributed by atoms with E-state index in [4.69, 9.17) is 4.74 Å². The lowest BCUT2D eigenvalue weighted by atomic mass is 10.2. The lowest BCUT2D eigenvalue weighted by Gasteiger charge is -2.21. The van der Waals surface area contributed by atoms with Crippen molar-refractivity contribution in [3.8, 4) is 11.8 Å². The highest BCUT2D eigenvalue weighted by molar-refractivity contribution is 8.76. The van der Waals surface area contributed by atoms with Gasteiger partial charge in [-0.15, -0.1) is 5.92 Å². The van der Waals surface area contributed by atoms with Gasteiger partial charge >= 0.3 is 0 Å². The SMILES string of the molecule is CCC#CCNC(=O)COCCNC(SSCCNCC)C(C)C. The van der Waals surface area contributed by atoms with Gasteiger partial charge in [0.2, 0.25) is 5.91 Å². The van der Waals surface area contributed by atoms with Gasteiger partial charge in [-0.3, -0.25) is 4.79 Å². The number of nitrogens with one attached hydrogen (secondary N) is 3. The second kappa shape index (κ2) is 17.4. The van der Waals surface area contributed by atoms with E-state index in [9.17, 15) is 4.79 Å². The van der Waals surface area contributed by atoms with E-state index in [1.54, 1.807) is 0 Å². The third kappa shape index (κ3) is 15.2. The summed E-state index contributed by atoms with van der Waals surface area (Å²) in [6, 6.07) is 0. The van der Waals surface area contributed by atoms with Crippen molar-refractivity contribution in [2.24, 2.45) is 5.92 Å². The molecule has 0 aliphatic carbocycles. The van der Waals surface area contributed by atoms with Crippen LogP contribution in [0, 0.1) is 17.8 Å². The van der Waals surface area contributed by atoms with E-state index in [-0.39, 0.29) is 12.5 Å². The molecule has 0 aliphatic rings. The van der Waals surface area contributed by atoms with Crippen LogP contribution in [0.5, 0.6) is 0 Å². The van der Waals surface area contributed by atoms with Gasteiger partial charge in [0, 0.05) is 25.3 Å².